The van der Waals surface area contributed by atoms with Crippen LogP contribution in [0.2, 0.25) is 0 Å². The van der Waals surface area contributed by atoms with Gasteiger partial charge in [0.2, 0.25) is 11.8 Å². The maximum Gasteiger partial charge on any atom is 0.222 e. The van der Waals surface area contributed by atoms with Crippen molar-refractivity contribution in [3.63, 3.8) is 0 Å². The third-order valence-corrected chi connectivity index (χ3v) is 2.04. The lowest BCUT2D eigenvalue weighted by molar-refractivity contribution is -0.123. The maximum atomic E-state index is 11.2. The summed E-state index contributed by atoms with van der Waals surface area (Å²) in [5, 5.41) is 5.49. The Hall–Kier alpha value is -1.10. The average molecular weight is 214 g/mol. The van der Waals surface area contributed by atoms with Gasteiger partial charge in [-0.2, -0.15) is 0 Å². The topological polar surface area (TPSA) is 67.4 Å². The standard InChI is InChI=1S/C10H18N2O3/c1-8(13)11-5-7-15-6-4-10(14)12-9-2-3-9/h9H,2-7H2,1H3,(H,11,13)(H,12,14). The summed E-state index contributed by atoms with van der Waals surface area (Å²) in [4.78, 5) is 21.7. The van der Waals surface area contributed by atoms with Crippen molar-refractivity contribution in [2.45, 2.75) is 32.2 Å². The zero-order valence-electron chi connectivity index (χ0n) is 9.04. The number of amides is 2. The van der Waals surface area contributed by atoms with Crippen molar-refractivity contribution in [2.75, 3.05) is 19.8 Å². The van der Waals surface area contributed by atoms with Crippen LogP contribution in [0, 0.1) is 0 Å². The van der Waals surface area contributed by atoms with E-state index in [1.54, 1.807) is 0 Å². The van der Waals surface area contributed by atoms with E-state index in [0.717, 1.165) is 12.8 Å². The second kappa shape index (κ2) is 6.40. The van der Waals surface area contributed by atoms with Crippen molar-refractivity contribution in [1.82, 2.24) is 10.6 Å². The minimum Gasteiger partial charge on any atom is -0.379 e. The minimum absolute atomic E-state index is 0.0528. The fraction of sp³-hybridized carbons (Fsp3) is 0.800. The van der Waals surface area contributed by atoms with Crippen molar-refractivity contribution in [3.8, 4) is 0 Å². The molecule has 86 valence electrons. The van der Waals surface area contributed by atoms with Gasteiger partial charge in [0, 0.05) is 25.9 Å². The molecule has 1 aliphatic rings. The van der Waals surface area contributed by atoms with Gasteiger partial charge >= 0.3 is 0 Å². The Balaban J connectivity index is 1.83. The highest BCUT2D eigenvalue weighted by molar-refractivity contribution is 5.76. The summed E-state index contributed by atoms with van der Waals surface area (Å²) in [6, 6.07) is 0.414. The average Bonchev–Trinajstić information content (AvgIpc) is 2.94. The van der Waals surface area contributed by atoms with E-state index >= 15 is 0 Å². The second-order valence-corrected chi connectivity index (χ2v) is 3.69. The zero-order valence-corrected chi connectivity index (χ0v) is 9.04. The summed E-state index contributed by atoms with van der Waals surface area (Å²) >= 11 is 0. The normalized spacial score (nSPS) is 14.7. The van der Waals surface area contributed by atoms with E-state index in [-0.39, 0.29) is 11.8 Å². The second-order valence-electron chi connectivity index (χ2n) is 3.69. The molecular weight excluding hydrogens is 196 g/mol. The molecular formula is C10H18N2O3. The van der Waals surface area contributed by atoms with Crippen LogP contribution in [0.25, 0.3) is 0 Å². The van der Waals surface area contributed by atoms with E-state index in [1.165, 1.54) is 6.92 Å². The molecule has 0 aromatic rings. The molecule has 0 aromatic heterocycles. The first-order chi connectivity index (χ1) is 7.18. The molecule has 0 heterocycles. The van der Waals surface area contributed by atoms with Gasteiger partial charge in [-0.15, -0.1) is 0 Å². The summed E-state index contributed by atoms with van der Waals surface area (Å²) < 4.78 is 5.18. The van der Waals surface area contributed by atoms with Gasteiger partial charge in [0.05, 0.1) is 13.2 Å². The molecule has 1 rings (SSSR count). The van der Waals surface area contributed by atoms with E-state index in [0.29, 0.717) is 32.2 Å². The lowest BCUT2D eigenvalue weighted by Gasteiger charge is -2.05. The maximum absolute atomic E-state index is 11.2. The van der Waals surface area contributed by atoms with E-state index in [9.17, 15) is 9.59 Å². The van der Waals surface area contributed by atoms with Crippen LogP contribution in [0.15, 0.2) is 0 Å². The highest BCUT2D eigenvalue weighted by Gasteiger charge is 2.22. The van der Waals surface area contributed by atoms with Crippen molar-refractivity contribution >= 4 is 11.8 Å². The molecule has 5 nitrogen and oxygen atoms in total. The van der Waals surface area contributed by atoms with Gasteiger partial charge in [0.1, 0.15) is 0 Å². The number of nitrogens with one attached hydrogen (secondary N) is 2. The quantitative estimate of drug-likeness (QED) is 0.577. The number of carbonyl (C=O) groups excluding carboxylic acids is 2. The van der Waals surface area contributed by atoms with Crippen molar-refractivity contribution in [3.05, 3.63) is 0 Å². The summed E-state index contributed by atoms with van der Waals surface area (Å²) in [5.74, 6) is -0.0119. The Morgan fingerprint density at radius 3 is 2.67 bits per heavy atom. The van der Waals surface area contributed by atoms with Crippen LogP contribution in [0.4, 0.5) is 0 Å². The molecule has 1 fully saturated rings. The monoisotopic (exact) mass is 214 g/mol. The highest BCUT2D eigenvalue weighted by Crippen LogP contribution is 2.18. The van der Waals surface area contributed by atoms with E-state index in [1.807, 2.05) is 0 Å². The number of hydrogen-bond donors (Lipinski definition) is 2. The molecule has 0 atom stereocenters. The Morgan fingerprint density at radius 2 is 2.07 bits per heavy atom. The largest absolute Gasteiger partial charge is 0.379 e. The molecule has 5 heteroatoms. The molecule has 0 saturated heterocycles. The van der Waals surface area contributed by atoms with Crippen molar-refractivity contribution in [1.29, 1.82) is 0 Å². The van der Waals surface area contributed by atoms with Crippen LogP contribution in [0.5, 0.6) is 0 Å². The fourth-order valence-electron chi connectivity index (χ4n) is 1.09. The number of hydrogen-bond acceptors (Lipinski definition) is 3. The van der Waals surface area contributed by atoms with Gasteiger partial charge in [-0.05, 0) is 12.8 Å². The van der Waals surface area contributed by atoms with Crippen LogP contribution < -0.4 is 10.6 Å². The summed E-state index contributed by atoms with van der Waals surface area (Å²) in [6.07, 6.45) is 2.61. The molecule has 0 aliphatic heterocycles. The first kappa shape index (κ1) is 12.0. The van der Waals surface area contributed by atoms with Gasteiger partial charge in [-0.1, -0.05) is 0 Å². The SMILES string of the molecule is CC(=O)NCCOCCC(=O)NC1CC1. The third-order valence-electron chi connectivity index (χ3n) is 2.04. The molecule has 0 radical (unpaired) electrons. The third kappa shape index (κ3) is 6.90. The molecule has 0 bridgehead atoms. The zero-order chi connectivity index (χ0) is 11.1. The lowest BCUT2D eigenvalue weighted by Crippen LogP contribution is -2.27. The van der Waals surface area contributed by atoms with E-state index < -0.39 is 0 Å². The number of rotatable bonds is 7. The lowest BCUT2D eigenvalue weighted by atomic mass is 10.4. The molecule has 2 amide bonds. The van der Waals surface area contributed by atoms with Crippen LogP contribution in [-0.4, -0.2) is 37.6 Å². The molecule has 0 unspecified atom stereocenters. The van der Waals surface area contributed by atoms with Gasteiger partial charge in [0.15, 0.2) is 0 Å². The smallest absolute Gasteiger partial charge is 0.222 e. The number of ether oxygens (including phenoxy) is 1. The van der Waals surface area contributed by atoms with Crippen LogP contribution in [-0.2, 0) is 14.3 Å². The Labute approximate surface area is 89.6 Å². The highest BCUT2D eigenvalue weighted by atomic mass is 16.5. The Bertz CT molecular complexity index is 227. The first-order valence-corrected chi connectivity index (χ1v) is 5.30. The summed E-state index contributed by atoms with van der Waals surface area (Å²) in [5.41, 5.74) is 0. The molecule has 0 spiro atoms. The van der Waals surface area contributed by atoms with Crippen LogP contribution in [0.1, 0.15) is 26.2 Å². The van der Waals surface area contributed by atoms with Gasteiger partial charge in [-0.3, -0.25) is 9.59 Å². The Morgan fingerprint density at radius 1 is 1.33 bits per heavy atom. The molecule has 1 saturated carbocycles. The molecule has 15 heavy (non-hydrogen) atoms. The van der Waals surface area contributed by atoms with Gasteiger partial charge < -0.3 is 15.4 Å². The summed E-state index contributed by atoms with van der Waals surface area (Å²) in [7, 11) is 0. The van der Waals surface area contributed by atoms with Crippen LogP contribution >= 0.6 is 0 Å². The van der Waals surface area contributed by atoms with Gasteiger partial charge in [0.25, 0.3) is 0 Å². The van der Waals surface area contributed by atoms with Gasteiger partial charge in [-0.25, -0.2) is 0 Å². The Kier molecular flexibility index (Phi) is 5.10. The molecule has 1 aliphatic carbocycles. The molecule has 2 N–H and O–H groups in total. The van der Waals surface area contributed by atoms with Crippen molar-refractivity contribution in [2.24, 2.45) is 0 Å². The molecule has 0 aromatic carbocycles. The van der Waals surface area contributed by atoms with Crippen molar-refractivity contribution < 1.29 is 14.3 Å². The summed E-state index contributed by atoms with van der Waals surface area (Å²) in [6.45, 7) is 2.83. The predicted molar refractivity (Wildman–Crippen MR) is 55.3 cm³/mol. The van der Waals surface area contributed by atoms with E-state index in [4.69, 9.17) is 4.74 Å². The van der Waals surface area contributed by atoms with Crippen LogP contribution in [0.3, 0.4) is 0 Å². The predicted octanol–water partition coefficient (Wildman–Crippen LogP) is -0.192. The van der Waals surface area contributed by atoms with E-state index in [2.05, 4.69) is 10.6 Å². The minimum atomic E-state index is -0.0647. The number of carbonyl (C=O) groups is 2. The first-order valence-electron chi connectivity index (χ1n) is 5.30. The fourth-order valence-corrected chi connectivity index (χ4v) is 1.09.